The van der Waals surface area contributed by atoms with Crippen molar-refractivity contribution in [1.29, 1.82) is 0 Å². The van der Waals surface area contributed by atoms with E-state index in [2.05, 4.69) is 60.4 Å². The second-order valence-electron chi connectivity index (χ2n) is 6.29. The topological polar surface area (TPSA) is 28.7 Å². The number of para-hydroxylation sites is 1. The van der Waals surface area contributed by atoms with Gasteiger partial charge in [0, 0.05) is 12.0 Å². The second kappa shape index (κ2) is 6.04. The highest BCUT2D eigenvalue weighted by molar-refractivity contribution is 5.92. The third-order valence-corrected chi connectivity index (χ3v) is 4.75. The fourth-order valence-electron chi connectivity index (χ4n) is 3.45. The molecule has 2 heteroatoms. The van der Waals surface area contributed by atoms with Gasteiger partial charge in [0.25, 0.3) is 0 Å². The van der Waals surface area contributed by atoms with Gasteiger partial charge in [0.1, 0.15) is 5.82 Å². The monoisotopic (exact) mass is 302 g/mol. The Morgan fingerprint density at radius 3 is 2.57 bits per heavy atom. The number of H-pyrrole nitrogens is 1. The number of nitrogens with zero attached hydrogens (tertiary/aromatic N) is 1. The fraction of sp³-hybridized carbons (Fsp3) is 0.286. The Bertz CT molecular complexity index is 853. The third kappa shape index (κ3) is 2.70. The Labute approximate surface area is 137 Å². The summed E-state index contributed by atoms with van der Waals surface area (Å²) in [6.07, 6.45) is 8.43. The third-order valence-electron chi connectivity index (χ3n) is 4.75. The lowest BCUT2D eigenvalue weighted by Gasteiger charge is -2.13. The number of benzene rings is 2. The van der Waals surface area contributed by atoms with Crippen LogP contribution in [0.3, 0.4) is 0 Å². The van der Waals surface area contributed by atoms with Crippen LogP contribution in [0.25, 0.3) is 27.7 Å². The van der Waals surface area contributed by atoms with Crippen LogP contribution in [0.1, 0.15) is 44.0 Å². The van der Waals surface area contributed by atoms with Crippen molar-refractivity contribution in [3.63, 3.8) is 0 Å². The van der Waals surface area contributed by atoms with Gasteiger partial charge >= 0.3 is 0 Å². The number of aryl methyl sites for hydroxylation is 1. The van der Waals surface area contributed by atoms with Gasteiger partial charge in [-0.15, -0.1) is 0 Å². The summed E-state index contributed by atoms with van der Waals surface area (Å²) in [5.41, 5.74) is 7.53. The van der Waals surface area contributed by atoms with Gasteiger partial charge in [-0.1, -0.05) is 49.4 Å². The number of aromatic amines is 1. The lowest BCUT2D eigenvalue weighted by atomic mass is 9.92. The number of nitrogens with one attached hydrogen (secondary N) is 1. The lowest BCUT2D eigenvalue weighted by Crippen LogP contribution is -1.91. The number of hydrogen-bond acceptors (Lipinski definition) is 1. The number of fused-ring (bicyclic) bond motifs is 1. The number of aromatic nitrogens is 2. The summed E-state index contributed by atoms with van der Waals surface area (Å²) in [6.45, 7) is 2.13. The molecule has 1 heterocycles. The van der Waals surface area contributed by atoms with Gasteiger partial charge in [0.15, 0.2) is 0 Å². The van der Waals surface area contributed by atoms with E-state index < -0.39 is 0 Å². The summed E-state index contributed by atoms with van der Waals surface area (Å²) < 4.78 is 0. The van der Waals surface area contributed by atoms with E-state index in [9.17, 15) is 0 Å². The van der Waals surface area contributed by atoms with Crippen LogP contribution >= 0.6 is 0 Å². The van der Waals surface area contributed by atoms with E-state index in [0.29, 0.717) is 0 Å². The van der Waals surface area contributed by atoms with Crippen molar-refractivity contribution >= 4 is 16.6 Å². The van der Waals surface area contributed by atoms with Crippen molar-refractivity contribution in [3.05, 3.63) is 59.9 Å². The molecule has 2 aromatic carbocycles. The molecule has 0 bridgehead atoms. The molecule has 0 aliphatic heterocycles. The molecule has 0 unspecified atom stereocenters. The molecule has 23 heavy (non-hydrogen) atoms. The molecule has 0 saturated carbocycles. The van der Waals surface area contributed by atoms with Gasteiger partial charge in [-0.25, -0.2) is 4.98 Å². The first-order valence-electron chi connectivity index (χ1n) is 8.62. The predicted molar refractivity (Wildman–Crippen MR) is 97.4 cm³/mol. The zero-order valence-electron chi connectivity index (χ0n) is 13.6. The minimum absolute atomic E-state index is 0.932. The van der Waals surface area contributed by atoms with Gasteiger partial charge in [-0.2, -0.15) is 0 Å². The van der Waals surface area contributed by atoms with Crippen molar-refractivity contribution in [2.45, 2.75) is 39.0 Å². The van der Waals surface area contributed by atoms with Crippen LogP contribution < -0.4 is 0 Å². The fourth-order valence-corrected chi connectivity index (χ4v) is 3.45. The lowest BCUT2D eigenvalue weighted by molar-refractivity contribution is 0.742. The number of allylic oxidation sites excluding steroid dienone is 2. The normalized spacial score (nSPS) is 14.9. The summed E-state index contributed by atoms with van der Waals surface area (Å²) in [5, 5.41) is 0. The standard InChI is InChI=1S/C21H22N2/c1-2-20-22-19-10-6-9-18(21(19)23-20)17-13-11-16(12-14-17)15-7-4-3-5-8-15/h6-7,9-14H,2-5,8H2,1H3,(H,22,23). The van der Waals surface area contributed by atoms with Gasteiger partial charge in [0.2, 0.25) is 0 Å². The molecule has 116 valence electrons. The molecule has 1 N–H and O–H groups in total. The minimum Gasteiger partial charge on any atom is -0.342 e. The maximum atomic E-state index is 4.75. The Balaban J connectivity index is 1.73. The average molecular weight is 302 g/mol. The first-order valence-corrected chi connectivity index (χ1v) is 8.62. The molecule has 0 saturated heterocycles. The van der Waals surface area contributed by atoms with E-state index in [-0.39, 0.29) is 0 Å². The summed E-state index contributed by atoms with van der Waals surface area (Å²) in [7, 11) is 0. The maximum Gasteiger partial charge on any atom is 0.106 e. The number of rotatable bonds is 3. The molecule has 4 rings (SSSR count). The molecule has 0 radical (unpaired) electrons. The number of imidazole rings is 1. The van der Waals surface area contributed by atoms with Crippen molar-refractivity contribution in [2.75, 3.05) is 0 Å². The van der Waals surface area contributed by atoms with Crippen molar-refractivity contribution in [3.8, 4) is 11.1 Å². The van der Waals surface area contributed by atoms with E-state index in [0.717, 1.165) is 23.3 Å². The molecule has 1 aromatic heterocycles. The van der Waals surface area contributed by atoms with E-state index in [1.54, 1.807) is 0 Å². The molecular formula is C21H22N2. The zero-order valence-corrected chi connectivity index (χ0v) is 13.6. The largest absolute Gasteiger partial charge is 0.342 e. The van der Waals surface area contributed by atoms with Crippen LogP contribution in [0, 0.1) is 0 Å². The average Bonchev–Trinajstić information content (AvgIpc) is 3.06. The number of hydrogen-bond donors (Lipinski definition) is 1. The first kappa shape index (κ1) is 14.3. The van der Waals surface area contributed by atoms with E-state index in [1.165, 1.54) is 47.9 Å². The summed E-state index contributed by atoms with van der Waals surface area (Å²) in [5.74, 6) is 1.05. The zero-order chi connectivity index (χ0) is 15.6. The SMILES string of the molecule is CCc1nc2c(-c3ccc(C4=CCCCC4)cc3)cccc2[nH]1. The molecule has 0 fully saturated rings. The summed E-state index contributed by atoms with van der Waals surface area (Å²) >= 11 is 0. The smallest absolute Gasteiger partial charge is 0.106 e. The predicted octanol–water partition coefficient (Wildman–Crippen LogP) is 5.75. The molecular weight excluding hydrogens is 280 g/mol. The van der Waals surface area contributed by atoms with Gasteiger partial charge in [0.05, 0.1) is 11.0 Å². The molecule has 0 atom stereocenters. The summed E-state index contributed by atoms with van der Waals surface area (Å²) in [6, 6.07) is 15.4. The van der Waals surface area contributed by atoms with Crippen LogP contribution in [0.15, 0.2) is 48.5 Å². The van der Waals surface area contributed by atoms with Crippen LogP contribution in [-0.4, -0.2) is 9.97 Å². The van der Waals surface area contributed by atoms with E-state index >= 15 is 0 Å². The highest BCUT2D eigenvalue weighted by Crippen LogP contribution is 2.31. The molecule has 1 aliphatic rings. The molecule has 1 aliphatic carbocycles. The Kier molecular flexibility index (Phi) is 3.74. The molecule has 2 nitrogen and oxygen atoms in total. The highest BCUT2D eigenvalue weighted by Gasteiger charge is 2.10. The van der Waals surface area contributed by atoms with Crippen LogP contribution in [0.4, 0.5) is 0 Å². The molecule has 0 amide bonds. The van der Waals surface area contributed by atoms with Gasteiger partial charge in [-0.05, 0) is 48.4 Å². The maximum absolute atomic E-state index is 4.75. The van der Waals surface area contributed by atoms with E-state index in [4.69, 9.17) is 4.98 Å². The van der Waals surface area contributed by atoms with Crippen molar-refractivity contribution < 1.29 is 0 Å². The van der Waals surface area contributed by atoms with Gasteiger partial charge in [-0.3, -0.25) is 0 Å². The molecule has 0 spiro atoms. The minimum atomic E-state index is 0.932. The Morgan fingerprint density at radius 1 is 1.00 bits per heavy atom. The van der Waals surface area contributed by atoms with E-state index in [1.807, 2.05) is 0 Å². The Morgan fingerprint density at radius 2 is 1.83 bits per heavy atom. The summed E-state index contributed by atoms with van der Waals surface area (Å²) in [4.78, 5) is 8.15. The quantitative estimate of drug-likeness (QED) is 0.655. The van der Waals surface area contributed by atoms with Crippen molar-refractivity contribution in [2.24, 2.45) is 0 Å². The van der Waals surface area contributed by atoms with Gasteiger partial charge < -0.3 is 4.98 Å². The van der Waals surface area contributed by atoms with Crippen molar-refractivity contribution in [1.82, 2.24) is 9.97 Å². The Hall–Kier alpha value is -2.35. The first-order chi connectivity index (χ1) is 11.3. The molecule has 3 aromatic rings. The van der Waals surface area contributed by atoms with Crippen LogP contribution in [-0.2, 0) is 6.42 Å². The second-order valence-corrected chi connectivity index (χ2v) is 6.29. The van der Waals surface area contributed by atoms with Crippen LogP contribution in [0.5, 0.6) is 0 Å². The highest BCUT2D eigenvalue weighted by atomic mass is 14.9. The van der Waals surface area contributed by atoms with Crippen LogP contribution in [0.2, 0.25) is 0 Å².